The molecule has 3 rings (SSSR count). The van der Waals surface area contributed by atoms with E-state index in [9.17, 15) is 0 Å². The normalized spacial score (nSPS) is 16.2. The summed E-state index contributed by atoms with van der Waals surface area (Å²) in [6.07, 6.45) is 1.98. The molecule has 1 aliphatic rings. The quantitative estimate of drug-likeness (QED) is 0.776. The van der Waals surface area contributed by atoms with Crippen LogP contribution in [0.2, 0.25) is 0 Å². The van der Waals surface area contributed by atoms with Crippen LogP contribution in [0.3, 0.4) is 0 Å². The molecule has 2 aromatic rings. The second-order valence-corrected chi connectivity index (χ2v) is 6.78. The summed E-state index contributed by atoms with van der Waals surface area (Å²) in [5, 5.41) is 6.83. The van der Waals surface area contributed by atoms with Gasteiger partial charge in [0, 0.05) is 32.7 Å². The number of nitrogens with zero attached hydrogens (tertiary/aromatic N) is 3. The topological polar surface area (TPSA) is 18.8 Å². The minimum Gasteiger partial charge on any atom is -0.295 e. The van der Waals surface area contributed by atoms with E-state index in [1.54, 1.807) is 0 Å². The highest BCUT2D eigenvalue weighted by atomic mass is 15.5. The number of hydrogen-bond acceptors (Lipinski definition) is 3. The van der Waals surface area contributed by atoms with Crippen LogP contribution in [0.25, 0.3) is 0 Å². The molecule has 0 radical (unpaired) electrons. The first-order valence-corrected chi connectivity index (χ1v) is 8.86. The number of hydrazone groups is 1. The largest absolute Gasteiger partial charge is 0.295 e. The van der Waals surface area contributed by atoms with Crippen LogP contribution in [0, 0.1) is 0 Å². The zero-order valence-electron chi connectivity index (χ0n) is 14.7. The van der Waals surface area contributed by atoms with Crippen LogP contribution in [0.1, 0.15) is 36.5 Å². The monoisotopic (exact) mass is 321 g/mol. The minimum atomic E-state index is 0.577. The van der Waals surface area contributed by atoms with Crippen LogP contribution in [0.15, 0.2) is 59.7 Å². The zero-order valence-corrected chi connectivity index (χ0v) is 14.7. The molecule has 24 heavy (non-hydrogen) atoms. The van der Waals surface area contributed by atoms with Gasteiger partial charge in [-0.3, -0.25) is 9.91 Å². The third-order valence-electron chi connectivity index (χ3n) is 4.57. The van der Waals surface area contributed by atoms with E-state index in [0.717, 1.165) is 32.7 Å². The lowest BCUT2D eigenvalue weighted by Crippen LogP contribution is -2.43. The Morgan fingerprint density at radius 1 is 0.917 bits per heavy atom. The fourth-order valence-electron chi connectivity index (χ4n) is 2.97. The first-order valence-electron chi connectivity index (χ1n) is 8.86. The van der Waals surface area contributed by atoms with Crippen LogP contribution in [-0.2, 0) is 6.54 Å². The van der Waals surface area contributed by atoms with Crippen molar-refractivity contribution in [2.45, 2.75) is 26.3 Å². The molecule has 1 saturated heterocycles. The van der Waals surface area contributed by atoms with Gasteiger partial charge in [0.2, 0.25) is 0 Å². The van der Waals surface area contributed by atoms with Crippen LogP contribution in [0.5, 0.6) is 0 Å². The van der Waals surface area contributed by atoms with E-state index in [4.69, 9.17) is 0 Å². The molecule has 2 aromatic carbocycles. The van der Waals surface area contributed by atoms with E-state index in [-0.39, 0.29) is 0 Å². The molecule has 1 fully saturated rings. The van der Waals surface area contributed by atoms with Gasteiger partial charge < -0.3 is 0 Å². The minimum absolute atomic E-state index is 0.577. The van der Waals surface area contributed by atoms with Gasteiger partial charge >= 0.3 is 0 Å². The van der Waals surface area contributed by atoms with Crippen molar-refractivity contribution in [2.24, 2.45) is 5.10 Å². The highest BCUT2D eigenvalue weighted by Crippen LogP contribution is 2.14. The Bertz CT molecular complexity index is 639. The maximum atomic E-state index is 4.65. The van der Waals surface area contributed by atoms with Gasteiger partial charge in [-0.15, -0.1) is 0 Å². The predicted molar refractivity (Wildman–Crippen MR) is 101 cm³/mol. The van der Waals surface area contributed by atoms with Crippen molar-refractivity contribution in [3.8, 4) is 0 Å². The van der Waals surface area contributed by atoms with E-state index in [1.807, 2.05) is 6.21 Å². The van der Waals surface area contributed by atoms with Gasteiger partial charge in [-0.05, 0) is 22.6 Å². The van der Waals surface area contributed by atoms with E-state index >= 15 is 0 Å². The van der Waals surface area contributed by atoms with Crippen molar-refractivity contribution in [1.82, 2.24) is 9.91 Å². The molecule has 0 aromatic heterocycles. The summed E-state index contributed by atoms with van der Waals surface area (Å²) in [5.74, 6) is 0.577. The van der Waals surface area contributed by atoms with Crippen LogP contribution >= 0.6 is 0 Å². The fourth-order valence-corrected chi connectivity index (χ4v) is 2.97. The molecule has 0 saturated carbocycles. The van der Waals surface area contributed by atoms with Crippen molar-refractivity contribution < 1.29 is 0 Å². The highest BCUT2D eigenvalue weighted by molar-refractivity contribution is 5.79. The second kappa shape index (κ2) is 8.11. The lowest BCUT2D eigenvalue weighted by atomic mass is 10.0. The van der Waals surface area contributed by atoms with Gasteiger partial charge in [-0.1, -0.05) is 68.4 Å². The predicted octanol–water partition coefficient (Wildman–Crippen LogP) is 3.96. The van der Waals surface area contributed by atoms with E-state index in [0.29, 0.717) is 5.92 Å². The smallest absolute Gasteiger partial charge is 0.0542 e. The molecule has 0 N–H and O–H groups in total. The standard InChI is InChI=1S/C21H27N3/c1-18(2)21-10-8-19(9-11-21)16-22-24-14-12-23(13-15-24)17-20-6-4-3-5-7-20/h3-11,16,18H,12-15,17H2,1-2H3/b22-16-. The molecule has 126 valence electrons. The molecular formula is C21H27N3. The molecule has 0 aliphatic carbocycles. The Morgan fingerprint density at radius 3 is 2.21 bits per heavy atom. The average molecular weight is 321 g/mol. The Kier molecular flexibility index (Phi) is 5.65. The van der Waals surface area contributed by atoms with Crippen LogP contribution < -0.4 is 0 Å². The van der Waals surface area contributed by atoms with Gasteiger partial charge in [0.15, 0.2) is 0 Å². The van der Waals surface area contributed by atoms with Gasteiger partial charge in [0.05, 0.1) is 6.21 Å². The van der Waals surface area contributed by atoms with E-state index in [2.05, 4.69) is 83.5 Å². The van der Waals surface area contributed by atoms with Crippen LogP contribution in [-0.4, -0.2) is 42.3 Å². The molecule has 1 heterocycles. The molecule has 1 aliphatic heterocycles. The summed E-state index contributed by atoms with van der Waals surface area (Å²) >= 11 is 0. The van der Waals surface area contributed by atoms with Crippen LogP contribution in [0.4, 0.5) is 0 Å². The lowest BCUT2D eigenvalue weighted by Gasteiger charge is -2.33. The number of benzene rings is 2. The second-order valence-electron chi connectivity index (χ2n) is 6.78. The first kappa shape index (κ1) is 16.7. The van der Waals surface area contributed by atoms with Gasteiger partial charge in [-0.25, -0.2) is 0 Å². The Hall–Kier alpha value is -2.13. The maximum Gasteiger partial charge on any atom is 0.0542 e. The molecule has 0 spiro atoms. The van der Waals surface area contributed by atoms with Crippen molar-refractivity contribution in [3.63, 3.8) is 0 Å². The van der Waals surface area contributed by atoms with Gasteiger partial charge in [0.1, 0.15) is 0 Å². The van der Waals surface area contributed by atoms with E-state index < -0.39 is 0 Å². The van der Waals surface area contributed by atoms with Crippen molar-refractivity contribution in [1.29, 1.82) is 0 Å². The molecule has 3 heteroatoms. The average Bonchev–Trinajstić information content (AvgIpc) is 2.62. The summed E-state index contributed by atoms with van der Waals surface area (Å²) < 4.78 is 0. The molecule has 0 bridgehead atoms. The Balaban J connectivity index is 1.48. The number of piperazine rings is 1. The third kappa shape index (κ3) is 4.68. The summed E-state index contributed by atoms with van der Waals surface area (Å²) in [7, 11) is 0. The Labute approximate surface area is 145 Å². The first-order chi connectivity index (χ1) is 11.7. The summed E-state index contributed by atoms with van der Waals surface area (Å²) in [5.41, 5.74) is 3.94. The molecule has 0 atom stereocenters. The third-order valence-corrected chi connectivity index (χ3v) is 4.57. The van der Waals surface area contributed by atoms with Gasteiger partial charge in [-0.2, -0.15) is 5.10 Å². The highest BCUT2D eigenvalue weighted by Gasteiger charge is 2.15. The maximum absolute atomic E-state index is 4.65. The molecule has 3 nitrogen and oxygen atoms in total. The van der Waals surface area contributed by atoms with Crippen molar-refractivity contribution in [2.75, 3.05) is 26.2 Å². The van der Waals surface area contributed by atoms with E-state index in [1.165, 1.54) is 16.7 Å². The van der Waals surface area contributed by atoms with Crippen molar-refractivity contribution >= 4 is 6.21 Å². The summed E-state index contributed by atoms with van der Waals surface area (Å²) in [4.78, 5) is 2.50. The fraction of sp³-hybridized carbons (Fsp3) is 0.381. The Morgan fingerprint density at radius 2 is 1.58 bits per heavy atom. The molecule has 0 amide bonds. The zero-order chi connectivity index (χ0) is 16.8. The van der Waals surface area contributed by atoms with Crippen molar-refractivity contribution in [3.05, 3.63) is 71.3 Å². The summed E-state index contributed by atoms with van der Waals surface area (Å²) in [6, 6.07) is 19.4. The number of rotatable bonds is 5. The lowest BCUT2D eigenvalue weighted by molar-refractivity contribution is 0.131. The molecular weight excluding hydrogens is 294 g/mol. The summed E-state index contributed by atoms with van der Waals surface area (Å²) in [6.45, 7) is 9.60. The molecule has 0 unspecified atom stereocenters. The number of hydrogen-bond donors (Lipinski definition) is 0. The van der Waals surface area contributed by atoms with Gasteiger partial charge in [0.25, 0.3) is 0 Å². The SMILES string of the molecule is CC(C)c1ccc(/C=N\N2CCN(Cc3ccccc3)CC2)cc1.